The van der Waals surface area contributed by atoms with Crippen molar-refractivity contribution in [2.24, 2.45) is 0 Å². The minimum atomic E-state index is -4.50. The van der Waals surface area contributed by atoms with Gasteiger partial charge in [0.15, 0.2) is 5.65 Å². The molecule has 0 saturated carbocycles. The Morgan fingerprint density at radius 1 is 0.962 bits per heavy atom. The number of benzene rings is 1. The van der Waals surface area contributed by atoms with Gasteiger partial charge in [0.1, 0.15) is 17.0 Å². The van der Waals surface area contributed by atoms with E-state index in [1.54, 1.807) is 4.57 Å². The summed E-state index contributed by atoms with van der Waals surface area (Å²) in [5, 5.41) is 0.969. The number of alkyl halides is 3. The zero-order chi connectivity index (χ0) is 18.7. The van der Waals surface area contributed by atoms with Crippen LogP contribution in [0.4, 0.5) is 13.2 Å². The van der Waals surface area contributed by atoms with Crippen molar-refractivity contribution >= 4 is 22.1 Å². The van der Waals surface area contributed by atoms with E-state index in [0.717, 1.165) is 22.7 Å². The maximum absolute atomic E-state index is 13.2. The first kappa shape index (κ1) is 16.6. The molecule has 134 valence electrons. The molecule has 0 aliphatic carbocycles. The molecule has 0 bridgehead atoms. The lowest BCUT2D eigenvalue weighted by Crippen LogP contribution is -2.18. The van der Waals surface area contributed by atoms with Crippen LogP contribution in [0.1, 0.15) is 32.3 Å². The summed E-state index contributed by atoms with van der Waals surface area (Å²) in [6, 6.07) is 9.95. The Morgan fingerprint density at radius 2 is 1.73 bits per heavy atom. The number of aromatic amines is 1. The van der Waals surface area contributed by atoms with Gasteiger partial charge < -0.3 is 4.98 Å². The predicted molar refractivity (Wildman–Crippen MR) is 94.4 cm³/mol. The van der Waals surface area contributed by atoms with Crippen LogP contribution in [0, 0.1) is 0 Å². The number of nitrogens with zero attached hydrogens (tertiary/aromatic N) is 3. The molecule has 1 aromatic carbocycles. The SMILES string of the molecule is CC(C)(C)c1nc2ccc(C(F)(F)F)nc2n1-c1ccc2[nH]ccc2c1. The third-order valence-corrected chi connectivity index (χ3v) is 4.26. The fourth-order valence-corrected chi connectivity index (χ4v) is 3.04. The molecular formula is C19H17F3N4. The molecule has 0 amide bonds. The van der Waals surface area contributed by atoms with Gasteiger partial charge in [-0.25, -0.2) is 9.97 Å². The van der Waals surface area contributed by atoms with Gasteiger partial charge in [0.25, 0.3) is 0 Å². The molecule has 0 aliphatic heterocycles. The quantitative estimate of drug-likeness (QED) is 0.507. The van der Waals surface area contributed by atoms with Crippen molar-refractivity contribution < 1.29 is 13.2 Å². The number of aromatic nitrogens is 4. The average molecular weight is 358 g/mol. The normalized spacial score (nSPS) is 13.0. The first-order valence-electron chi connectivity index (χ1n) is 8.19. The van der Waals surface area contributed by atoms with Gasteiger partial charge in [-0.3, -0.25) is 4.57 Å². The number of imidazole rings is 1. The minimum Gasteiger partial charge on any atom is -0.361 e. The van der Waals surface area contributed by atoms with Crippen LogP contribution in [0.25, 0.3) is 27.8 Å². The molecule has 26 heavy (non-hydrogen) atoms. The number of hydrogen-bond acceptors (Lipinski definition) is 2. The van der Waals surface area contributed by atoms with Crippen LogP contribution in [0.2, 0.25) is 0 Å². The maximum atomic E-state index is 13.2. The van der Waals surface area contributed by atoms with Crippen molar-refractivity contribution in [1.29, 1.82) is 0 Å². The molecule has 7 heteroatoms. The van der Waals surface area contributed by atoms with Crippen LogP contribution in [0.3, 0.4) is 0 Å². The molecule has 4 nitrogen and oxygen atoms in total. The zero-order valence-electron chi connectivity index (χ0n) is 14.5. The van der Waals surface area contributed by atoms with Crippen LogP contribution >= 0.6 is 0 Å². The number of hydrogen-bond donors (Lipinski definition) is 1. The van der Waals surface area contributed by atoms with E-state index >= 15 is 0 Å². The molecule has 0 radical (unpaired) electrons. The van der Waals surface area contributed by atoms with Gasteiger partial charge in [-0.15, -0.1) is 0 Å². The van der Waals surface area contributed by atoms with E-state index in [-0.39, 0.29) is 11.1 Å². The predicted octanol–water partition coefficient (Wildman–Crippen LogP) is 5.22. The van der Waals surface area contributed by atoms with Crippen molar-refractivity contribution in [3.63, 3.8) is 0 Å². The molecule has 0 aliphatic rings. The lowest BCUT2D eigenvalue weighted by molar-refractivity contribution is -0.141. The molecule has 4 aromatic rings. The Labute approximate surface area is 147 Å². The summed E-state index contributed by atoms with van der Waals surface area (Å²) >= 11 is 0. The van der Waals surface area contributed by atoms with Crippen LogP contribution in [-0.4, -0.2) is 19.5 Å². The molecule has 0 saturated heterocycles. The third kappa shape index (κ3) is 2.64. The van der Waals surface area contributed by atoms with Crippen LogP contribution < -0.4 is 0 Å². The molecule has 1 N–H and O–H groups in total. The molecule has 3 aromatic heterocycles. The molecule has 4 rings (SSSR count). The number of H-pyrrole nitrogens is 1. The van der Waals surface area contributed by atoms with E-state index in [0.29, 0.717) is 11.3 Å². The average Bonchev–Trinajstić information content (AvgIpc) is 3.16. The third-order valence-electron chi connectivity index (χ3n) is 4.26. The molecular weight excluding hydrogens is 341 g/mol. The summed E-state index contributed by atoms with van der Waals surface area (Å²) in [5.74, 6) is 0.661. The highest BCUT2D eigenvalue weighted by atomic mass is 19.4. The van der Waals surface area contributed by atoms with Crippen molar-refractivity contribution in [2.45, 2.75) is 32.4 Å². The summed E-state index contributed by atoms with van der Waals surface area (Å²) in [6.45, 7) is 5.93. The first-order chi connectivity index (χ1) is 12.1. The van der Waals surface area contributed by atoms with Crippen molar-refractivity contribution in [1.82, 2.24) is 19.5 Å². The lowest BCUT2D eigenvalue weighted by atomic mass is 9.95. The van der Waals surface area contributed by atoms with Crippen molar-refractivity contribution in [2.75, 3.05) is 0 Å². The Hall–Kier alpha value is -2.83. The van der Waals surface area contributed by atoms with Gasteiger partial charge >= 0.3 is 6.18 Å². The van der Waals surface area contributed by atoms with E-state index < -0.39 is 11.9 Å². The van der Waals surface area contributed by atoms with E-state index in [9.17, 15) is 13.2 Å². The van der Waals surface area contributed by atoms with Crippen molar-refractivity contribution in [3.05, 3.63) is 54.1 Å². The van der Waals surface area contributed by atoms with E-state index in [4.69, 9.17) is 0 Å². The van der Waals surface area contributed by atoms with Crippen LogP contribution in [0.15, 0.2) is 42.6 Å². The monoisotopic (exact) mass is 358 g/mol. The van der Waals surface area contributed by atoms with Crippen molar-refractivity contribution in [3.8, 4) is 5.69 Å². The van der Waals surface area contributed by atoms with Gasteiger partial charge in [-0.1, -0.05) is 20.8 Å². The smallest absolute Gasteiger partial charge is 0.361 e. The number of halogens is 3. The topological polar surface area (TPSA) is 46.5 Å². The van der Waals surface area contributed by atoms with Gasteiger partial charge in [0.05, 0.1) is 0 Å². The summed E-state index contributed by atoms with van der Waals surface area (Å²) < 4.78 is 41.2. The highest BCUT2D eigenvalue weighted by Crippen LogP contribution is 2.33. The molecule has 0 spiro atoms. The van der Waals surface area contributed by atoms with Gasteiger partial charge in [-0.2, -0.15) is 13.2 Å². The number of rotatable bonds is 1. The summed E-state index contributed by atoms with van der Waals surface area (Å²) in [5.41, 5.74) is 1.05. The maximum Gasteiger partial charge on any atom is 0.433 e. The molecule has 0 fully saturated rings. The van der Waals surface area contributed by atoms with Gasteiger partial charge in [0, 0.05) is 28.2 Å². The second kappa shape index (κ2) is 5.33. The van der Waals surface area contributed by atoms with Gasteiger partial charge in [-0.05, 0) is 36.4 Å². The van der Waals surface area contributed by atoms with E-state index in [1.165, 1.54) is 6.07 Å². The highest BCUT2D eigenvalue weighted by molar-refractivity contribution is 5.83. The molecule has 0 unspecified atom stereocenters. The largest absolute Gasteiger partial charge is 0.433 e. The van der Waals surface area contributed by atoms with E-state index in [2.05, 4.69) is 15.0 Å². The first-order valence-corrected chi connectivity index (χ1v) is 8.19. The van der Waals surface area contributed by atoms with Gasteiger partial charge in [0.2, 0.25) is 0 Å². The Bertz CT molecular complexity index is 1110. The second-order valence-corrected chi connectivity index (χ2v) is 7.31. The van der Waals surface area contributed by atoms with Crippen LogP contribution in [-0.2, 0) is 11.6 Å². The minimum absolute atomic E-state index is 0.208. The zero-order valence-corrected chi connectivity index (χ0v) is 14.5. The Kier molecular flexibility index (Phi) is 3.41. The fourth-order valence-electron chi connectivity index (χ4n) is 3.04. The van der Waals surface area contributed by atoms with E-state index in [1.807, 2.05) is 51.2 Å². The fraction of sp³-hybridized carbons (Fsp3) is 0.263. The standard InChI is InChI=1S/C19H17F3N4/c1-18(2,3)17-24-14-6-7-15(19(20,21)22)25-16(14)26(17)12-4-5-13-11(10-12)8-9-23-13/h4-10,23H,1-3H3. The highest BCUT2D eigenvalue weighted by Gasteiger charge is 2.34. The summed E-state index contributed by atoms with van der Waals surface area (Å²) in [6.07, 6.45) is -2.68. The number of pyridine rings is 1. The Balaban J connectivity index is 2.06. The lowest BCUT2D eigenvalue weighted by Gasteiger charge is -2.20. The Morgan fingerprint density at radius 3 is 2.42 bits per heavy atom. The summed E-state index contributed by atoms with van der Waals surface area (Å²) in [4.78, 5) is 11.6. The number of nitrogens with one attached hydrogen (secondary N) is 1. The van der Waals surface area contributed by atoms with Crippen LogP contribution in [0.5, 0.6) is 0 Å². The second-order valence-electron chi connectivity index (χ2n) is 7.31. The molecule has 0 atom stereocenters. The number of fused-ring (bicyclic) bond motifs is 2. The molecule has 3 heterocycles. The summed E-state index contributed by atoms with van der Waals surface area (Å²) in [7, 11) is 0.